The summed E-state index contributed by atoms with van der Waals surface area (Å²) in [4.78, 5) is 11.7. The number of ketones is 1. The smallest absolute Gasteiger partial charge is 0.178 e. The maximum absolute atomic E-state index is 11.7. The average Bonchev–Trinajstić information content (AvgIpc) is 2.14. The minimum absolute atomic E-state index is 0.0112. The van der Waals surface area contributed by atoms with Crippen LogP contribution in [0.5, 0.6) is 0 Å². The number of carbonyl (C=O) groups is 1. The molecular formula is C14H19ClO. The monoisotopic (exact) mass is 238 g/mol. The summed E-state index contributed by atoms with van der Waals surface area (Å²) < 4.78 is 0. The molecule has 0 aliphatic carbocycles. The fraction of sp³-hybridized carbons (Fsp3) is 0.500. The van der Waals surface area contributed by atoms with Gasteiger partial charge >= 0.3 is 0 Å². The molecule has 0 heterocycles. The van der Waals surface area contributed by atoms with Crippen LogP contribution in [-0.2, 0) is 5.41 Å². The summed E-state index contributed by atoms with van der Waals surface area (Å²) in [6.07, 6.45) is 0. The first kappa shape index (κ1) is 13.2. The van der Waals surface area contributed by atoms with Gasteiger partial charge in [-0.25, -0.2) is 0 Å². The third-order valence-corrected chi connectivity index (χ3v) is 3.04. The fourth-order valence-corrected chi connectivity index (χ4v) is 2.04. The summed E-state index contributed by atoms with van der Waals surface area (Å²) in [6, 6.07) is 4.18. The molecule has 0 amide bonds. The molecule has 1 rings (SSSR count). The molecule has 1 aromatic rings. The normalized spacial score (nSPS) is 11.6. The summed E-state index contributed by atoms with van der Waals surface area (Å²) in [5.74, 6) is 0.0634. The molecule has 1 aromatic carbocycles. The van der Waals surface area contributed by atoms with Crippen molar-refractivity contribution in [2.75, 3.05) is 5.88 Å². The predicted molar refractivity (Wildman–Crippen MR) is 69.7 cm³/mol. The zero-order valence-electron chi connectivity index (χ0n) is 10.6. The van der Waals surface area contributed by atoms with E-state index in [2.05, 4.69) is 32.9 Å². The molecule has 0 saturated carbocycles. The van der Waals surface area contributed by atoms with Crippen LogP contribution in [0.15, 0.2) is 12.1 Å². The molecule has 0 spiro atoms. The number of Topliss-reactive ketones (excluding diaryl/α,β-unsaturated/α-hetero) is 1. The van der Waals surface area contributed by atoms with Crippen molar-refractivity contribution in [1.82, 2.24) is 0 Å². The van der Waals surface area contributed by atoms with E-state index in [1.807, 2.05) is 13.8 Å². The highest BCUT2D eigenvalue weighted by Crippen LogP contribution is 2.27. The van der Waals surface area contributed by atoms with Gasteiger partial charge in [0, 0.05) is 5.56 Å². The second-order valence-electron chi connectivity index (χ2n) is 5.29. The quantitative estimate of drug-likeness (QED) is 0.562. The van der Waals surface area contributed by atoms with E-state index in [0.29, 0.717) is 0 Å². The Kier molecular flexibility index (Phi) is 3.80. The van der Waals surface area contributed by atoms with Gasteiger partial charge in [-0.05, 0) is 36.0 Å². The van der Waals surface area contributed by atoms with Crippen molar-refractivity contribution < 1.29 is 4.79 Å². The van der Waals surface area contributed by atoms with Gasteiger partial charge < -0.3 is 0 Å². The van der Waals surface area contributed by atoms with Gasteiger partial charge in [-0.2, -0.15) is 0 Å². The third-order valence-electron chi connectivity index (χ3n) is 2.80. The lowest BCUT2D eigenvalue weighted by atomic mass is 9.83. The maximum atomic E-state index is 11.7. The summed E-state index contributed by atoms with van der Waals surface area (Å²) in [7, 11) is 0. The molecule has 0 aromatic heterocycles. The standard InChI is InChI=1S/C14H19ClO/c1-9-6-11(14(3,4)5)7-10(2)13(9)12(16)8-15/h6-7H,8H2,1-5H3. The molecule has 2 heteroatoms. The van der Waals surface area contributed by atoms with Crippen LogP contribution < -0.4 is 0 Å². The van der Waals surface area contributed by atoms with Crippen molar-refractivity contribution in [3.63, 3.8) is 0 Å². The van der Waals surface area contributed by atoms with Gasteiger partial charge in [-0.15, -0.1) is 11.6 Å². The molecule has 0 aliphatic heterocycles. The lowest BCUT2D eigenvalue weighted by Gasteiger charge is -2.21. The van der Waals surface area contributed by atoms with Gasteiger partial charge in [0.25, 0.3) is 0 Å². The zero-order chi connectivity index (χ0) is 12.5. The highest BCUT2D eigenvalue weighted by atomic mass is 35.5. The van der Waals surface area contributed by atoms with Gasteiger partial charge in [0.05, 0.1) is 5.88 Å². The molecule has 1 nitrogen and oxygen atoms in total. The van der Waals surface area contributed by atoms with Crippen molar-refractivity contribution in [2.24, 2.45) is 0 Å². The van der Waals surface area contributed by atoms with Crippen LogP contribution >= 0.6 is 11.6 Å². The second kappa shape index (κ2) is 4.58. The van der Waals surface area contributed by atoms with Crippen LogP contribution in [0, 0.1) is 13.8 Å². The fourth-order valence-electron chi connectivity index (χ4n) is 1.90. The number of rotatable bonds is 2. The Morgan fingerprint density at radius 1 is 1.19 bits per heavy atom. The number of alkyl halides is 1. The molecule has 0 bridgehead atoms. The van der Waals surface area contributed by atoms with E-state index < -0.39 is 0 Å². The van der Waals surface area contributed by atoms with E-state index in [4.69, 9.17) is 11.6 Å². The summed E-state index contributed by atoms with van der Waals surface area (Å²) in [5, 5.41) is 0. The van der Waals surface area contributed by atoms with Gasteiger partial charge in [-0.1, -0.05) is 32.9 Å². The Balaban J connectivity index is 3.34. The first-order valence-corrected chi connectivity index (χ1v) is 6.01. The topological polar surface area (TPSA) is 17.1 Å². The molecule has 0 unspecified atom stereocenters. The second-order valence-corrected chi connectivity index (χ2v) is 5.56. The zero-order valence-corrected chi connectivity index (χ0v) is 11.4. The average molecular weight is 239 g/mol. The van der Waals surface area contributed by atoms with Crippen LogP contribution in [0.1, 0.15) is 47.8 Å². The first-order valence-electron chi connectivity index (χ1n) is 5.48. The molecular weight excluding hydrogens is 220 g/mol. The Hall–Kier alpha value is -0.820. The highest BCUT2D eigenvalue weighted by molar-refractivity contribution is 6.30. The Morgan fingerprint density at radius 2 is 1.62 bits per heavy atom. The van der Waals surface area contributed by atoms with E-state index in [9.17, 15) is 4.79 Å². The number of hydrogen-bond donors (Lipinski definition) is 0. The number of aryl methyl sites for hydroxylation is 2. The van der Waals surface area contributed by atoms with Crippen LogP contribution in [0.3, 0.4) is 0 Å². The predicted octanol–water partition coefficient (Wildman–Crippen LogP) is 4.02. The van der Waals surface area contributed by atoms with E-state index in [-0.39, 0.29) is 17.1 Å². The lowest BCUT2D eigenvalue weighted by Crippen LogP contribution is -2.14. The minimum Gasteiger partial charge on any atom is -0.293 e. The van der Waals surface area contributed by atoms with Gasteiger partial charge in [0.2, 0.25) is 0 Å². The Morgan fingerprint density at radius 3 is 1.94 bits per heavy atom. The summed E-state index contributed by atoms with van der Waals surface area (Å²) >= 11 is 5.61. The largest absolute Gasteiger partial charge is 0.293 e. The molecule has 0 aliphatic rings. The summed E-state index contributed by atoms with van der Waals surface area (Å²) in [6.45, 7) is 10.5. The molecule has 0 N–H and O–H groups in total. The number of carbonyl (C=O) groups excluding carboxylic acids is 1. The van der Waals surface area contributed by atoms with E-state index in [0.717, 1.165) is 16.7 Å². The lowest BCUT2D eigenvalue weighted by molar-refractivity contribution is 0.102. The molecule has 88 valence electrons. The maximum Gasteiger partial charge on any atom is 0.178 e. The third kappa shape index (κ3) is 2.65. The van der Waals surface area contributed by atoms with Crippen molar-refractivity contribution in [2.45, 2.75) is 40.0 Å². The van der Waals surface area contributed by atoms with Crippen LogP contribution in [0.2, 0.25) is 0 Å². The number of halogens is 1. The van der Waals surface area contributed by atoms with Crippen molar-refractivity contribution >= 4 is 17.4 Å². The van der Waals surface area contributed by atoms with E-state index in [1.54, 1.807) is 0 Å². The van der Waals surface area contributed by atoms with Gasteiger partial charge in [0.1, 0.15) is 0 Å². The SMILES string of the molecule is Cc1cc(C(C)(C)C)cc(C)c1C(=O)CCl. The molecule has 0 atom stereocenters. The molecule has 0 radical (unpaired) electrons. The van der Waals surface area contributed by atoms with Gasteiger partial charge in [0.15, 0.2) is 5.78 Å². The molecule has 0 fully saturated rings. The van der Waals surface area contributed by atoms with Gasteiger partial charge in [-0.3, -0.25) is 4.79 Å². The Bertz CT molecular complexity index is 390. The van der Waals surface area contributed by atoms with Crippen molar-refractivity contribution in [1.29, 1.82) is 0 Å². The molecule has 0 saturated heterocycles. The van der Waals surface area contributed by atoms with Crippen molar-refractivity contribution in [3.05, 3.63) is 34.4 Å². The number of hydrogen-bond acceptors (Lipinski definition) is 1. The van der Waals surface area contributed by atoms with E-state index in [1.165, 1.54) is 5.56 Å². The molecule has 16 heavy (non-hydrogen) atoms. The summed E-state index contributed by atoms with van der Waals surface area (Å²) in [5.41, 5.74) is 4.20. The van der Waals surface area contributed by atoms with Crippen LogP contribution in [-0.4, -0.2) is 11.7 Å². The van der Waals surface area contributed by atoms with Crippen LogP contribution in [0.25, 0.3) is 0 Å². The minimum atomic E-state index is 0.0112. The Labute approximate surface area is 103 Å². The van der Waals surface area contributed by atoms with Crippen LogP contribution in [0.4, 0.5) is 0 Å². The highest BCUT2D eigenvalue weighted by Gasteiger charge is 2.18. The first-order chi connectivity index (χ1) is 7.27. The van der Waals surface area contributed by atoms with Crippen molar-refractivity contribution in [3.8, 4) is 0 Å². The van der Waals surface area contributed by atoms with E-state index >= 15 is 0 Å². The number of benzene rings is 1.